The third-order valence-electron chi connectivity index (χ3n) is 4.78. The molecule has 0 saturated heterocycles. The number of benzene rings is 1. The molecule has 28 heavy (non-hydrogen) atoms. The van der Waals surface area contributed by atoms with Gasteiger partial charge in [-0.2, -0.15) is 4.98 Å². The molecule has 0 unspecified atom stereocenters. The lowest BCUT2D eigenvalue weighted by molar-refractivity contribution is 0.324. The van der Waals surface area contributed by atoms with Crippen molar-refractivity contribution in [1.29, 1.82) is 0 Å². The van der Waals surface area contributed by atoms with Crippen molar-refractivity contribution in [3.63, 3.8) is 0 Å². The van der Waals surface area contributed by atoms with Gasteiger partial charge in [-0.25, -0.2) is 4.98 Å². The Kier molecular flexibility index (Phi) is 4.77. The fourth-order valence-corrected chi connectivity index (χ4v) is 3.15. The number of methoxy groups -OCH3 is 3. The second-order valence-electron chi connectivity index (χ2n) is 6.74. The second-order valence-corrected chi connectivity index (χ2v) is 6.74. The third kappa shape index (κ3) is 3.45. The van der Waals surface area contributed by atoms with E-state index in [4.69, 9.17) is 14.2 Å². The normalized spacial score (nSPS) is 13.4. The molecule has 8 heteroatoms. The molecule has 4 rings (SSSR count). The zero-order chi connectivity index (χ0) is 19.7. The quantitative estimate of drug-likeness (QED) is 0.672. The Morgan fingerprint density at radius 1 is 1.11 bits per heavy atom. The predicted octanol–water partition coefficient (Wildman–Crippen LogP) is 2.97. The molecular formula is C20H22N4O4. The van der Waals surface area contributed by atoms with Crippen LogP contribution in [0.15, 0.2) is 35.3 Å². The second kappa shape index (κ2) is 7.38. The maximum Gasteiger partial charge on any atom is 0.252 e. The highest BCUT2D eigenvalue weighted by atomic mass is 16.5. The molecule has 146 valence electrons. The molecule has 0 radical (unpaired) electrons. The van der Waals surface area contributed by atoms with E-state index in [1.54, 1.807) is 56.4 Å². The Balaban J connectivity index is 1.73. The Labute approximate surface area is 162 Å². The fraction of sp³-hybridized carbons (Fsp3) is 0.350. The molecule has 1 aromatic carbocycles. The summed E-state index contributed by atoms with van der Waals surface area (Å²) in [5.41, 5.74) is 1.27. The van der Waals surface area contributed by atoms with E-state index in [0.29, 0.717) is 47.0 Å². The number of anilines is 2. The summed E-state index contributed by atoms with van der Waals surface area (Å²) in [5.74, 6) is 2.50. The molecule has 2 aromatic heterocycles. The number of rotatable bonds is 7. The summed E-state index contributed by atoms with van der Waals surface area (Å²) in [6.07, 6.45) is 4.03. The first-order valence-electron chi connectivity index (χ1n) is 9.06. The van der Waals surface area contributed by atoms with E-state index in [-0.39, 0.29) is 5.56 Å². The molecule has 1 aliphatic rings. The van der Waals surface area contributed by atoms with Crippen LogP contribution in [-0.4, -0.2) is 35.9 Å². The molecule has 1 N–H and O–H groups in total. The van der Waals surface area contributed by atoms with Crippen molar-refractivity contribution in [3.05, 3.63) is 40.8 Å². The van der Waals surface area contributed by atoms with Crippen molar-refractivity contribution in [1.82, 2.24) is 14.5 Å². The van der Waals surface area contributed by atoms with Crippen LogP contribution in [0.1, 0.15) is 12.8 Å². The number of ether oxygens (including phenoxy) is 3. The molecule has 0 amide bonds. The molecule has 1 fully saturated rings. The highest BCUT2D eigenvalue weighted by molar-refractivity contribution is 5.76. The Morgan fingerprint density at radius 2 is 1.82 bits per heavy atom. The number of hydrogen-bond acceptors (Lipinski definition) is 7. The van der Waals surface area contributed by atoms with Gasteiger partial charge in [0.2, 0.25) is 11.7 Å². The Morgan fingerprint density at radius 3 is 2.43 bits per heavy atom. The smallest absolute Gasteiger partial charge is 0.252 e. The van der Waals surface area contributed by atoms with Crippen LogP contribution < -0.4 is 25.1 Å². The van der Waals surface area contributed by atoms with E-state index in [0.717, 1.165) is 18.2 Å². The topological polar surface area (TPSA) is 87.5 Å². The standard InChI is InChI=1S/C20H22N4O4/c1-26-15-8-14(9-16(27-2)18(15)28-3)22-20-21-10-13-6-7-17(25)24(19(13)23-20)11-12-4-5-12/h6-10,12H,4-5,11H2,1-3H3,(H,21,22,23). The van der Waals surface area contributed by atoms with Crippen LogP contribution in [0.5, 0.6) is 17.2 Å². The van der Waals surface area contributed by atoms with E-state index in [9.17, 15) is 4.79 Å². The fourth-order valence-electron chi connectivity index (χ4n) is 3.15. The van der Waals surface area contributed by atoms with Gasteiger partial charge in [-0.05, 0) is 24.8 Å². The molecule has 2 heterocycles. The highest BCUT2D eigenvalue weighted by Gasteiger charge is 2.23. The van der Waals surface area contributed by atoms with Gasteiger partial charge in [0.25, 0.3) is 5.56 Å². The van der Waals surface area contributed by atoms with Gasteiger partial charge in [0.05, 0.1) is 21.3 Å². The maximum atomic E-state index is 12.3. The summed E-state index contributed by atoms with van der Waals surface area (Å²) in [5, 5.41) is 3.99. The summed E-state index contributed by atoms with van der Waals surface area (Å²) >= 11 is 0. The van der Waals surface area contributed by atoms with Gasteiger partial charge >= 0.3 is 0 Å². The Hall–Kier alpha value is -3.29. The minimum atomic E-state index is -0.0446. The summed E-state index contributed by atoms with van der Waals surface area (Å²) in [7, 11) is 4.67. The van der Waals surface area contributed by atoms with E-state index < -0.39 is 0 Å². The zero-order valence-corrected chi connectivity index (χ0v) is 16.1. The van der Waals surface area contributed by atoms with Gasteiger partial charge in [-0.15, -0.1) is 0 Å². The number of hydrogen-bond donors (Lipinski definition) is 1. The lowest BCUT2D eigenvalue weighted by Crippen LogP contribution is -2.21. The molecule has 0 atom stereocenters. The van der Waals surface area contributed by atoms with Crippen molar-refractivity contribution in [2.45, 2.75) is 19.4 Å². The van der Waals surface area contributed by atoms with Gasteiger partial charge in [0.15, 0.2) is 11.5 Å². The first-order chi connectivity index (χ1) is 13.6. The number of nitrogens with one attached hydrogen (secondary N) is 1. The number of nitrogens with zero attached hydrogens (tertiary/aromatic N) is 3. The minimum Gasteiger partial charge on any atom is -0.493 e. The SMILES string of the molecule is COc1cc(Nc2ncc3ccc(=O)n(CC4CC4)c3n2)cc(OC)c1OC. The number of pyridine rings is 1. The van der Waals surface area contributed by atoms with Gasteiger partial charge in [-0.1, -0.05) is 0 Å². The molecule has 0 aliphatic heterocycles. The third-order valence-corrected chi connectivity index (χ3v) is 4.78. The van der Waals surface area contributed by atoms with Crippen LogP contribution in [0, 0.1) is 5.92 Å². The molecule has 0 bridgehead atoms. The van der Waals surface area contributed by atoms with Crippen LogP contribution in [0.2, 0.25) is 0 Å². The van der Waals surface area contributed by atoms with Gasteiger partial charge < -0.3 is 19.5 Å². The average molecular weight is 382 g/mol. The molecule has 8 nitrogen and oxygen atoms in total. The molecule has 1 aliphatic carbocycles. The van der Waals surface area contributed by atoms with Gasteiger partial charge in [0.1, 0.15) is 5.65 Å². The van der Waals surface area contributed by atoms with Crippen molar-refractivity contribution in [3.8, 4) is 17.2 Å². The van der Waals surface area contributed by atoms with Crippen LogP contribution in [-0.2, 0) is 6.54 Å². The van der Waals surface area contributed by atoms with E-state index in [2.05, 4.69) is 15.3 Å². The maximum absolute atomic E-state index is 12.3. The number of aromatic nitrogens is 3. The van der Waals surface area contributed by atoms with Gasteiger partial charge in [-0.3, -0.25) is 9.36 Å². The lowest BCUT2D eigenvalue weighted by Gasteiger charge is -2.15. The monoisotopic (exact) mass is 382 g/mol. The summed E-state index contributed by atoms with van der Waals surface area (Å²) in [4.78, 5) is 21.3. The van der Waals surface area contributed by atoms with Crippen LogP contribution in [0.4, 0.5) is 11.6 Å². The predicted molar refractivity (Wildman–Crippen MR) is 106 cm³/mol. The van der Waals surface area contributed by atoms with Crippen molar-refractivity contribution in [2.24, 2.45) is 5.92 Å². The summed E-state index contributed by atoms with van der Waals surface area (Å²) in [6, 6.07) is 6.87. The lowest BCUT2D eigenvalue weighted by atomic mass is 10.2. The molecule has 3 aromatic rings. The Bertz CT molecular complexity index is 1050. The van der Waals surface area contributed by atoms with E-state index >= 15 is 0 Å². The largest absolute Gasteiger partial charge is 0.493 e. The zero-order valence-electron chi connectivity index (χ0n) is 16.1. The number of fused-ring (bicyclic) bond motifs is 1. The van der Waals surface area contributed by atoms with E-state index in [1.165, 1.54) is 0 Å². The average Bonchev–Trinajstić information content (AvgIpc) is 3.53. The van der Waals surface area contributed by atoms with Crippen molar-refractivity contribution in [2.75, 3.05) is 26.6 Å². The highest BCUT2D eigenvalue weighted by Crippen LogP contribution is 2.40. The molecular weight excluding hydrogens is 360 g/mol. The first kappa shape index (κ1) is 18.1. The van der Waals surface area contributed by atoms with Crippen LogP contribution in [0.25, 0.3) is 11.0 Å². The van der Waals surface area contributed by atoms with Crippen LogP contribution in [0.3, 0.4) is 0 Å². The first-order valence-corrected chi connectivity index (χ1v) is 9.06. The molecule has 0 spiro atoms. The summed E-state index contributed by atoms with van der Waals surface area (Å²) in [6.45, 7) is 0.691. The van der Waals surface area contributed by atoms with Gasteiger partial charge in [0, 0.05) is 42.0 Å². The minimum absolute atomic E-state index is 0.0446. The molecule has 1 saturated carbocycles. The van der Waals surface area contributed by atoms with Crippen LogP contribution >= 0.6 is 0 Å². The van der Waals surface area contributed by atoms with E-state index in [1.807, 2.05) is 0 Å². The van der Waals surface area contributed by atoms with Crippen molar-refractivity contribution >= 4 is 22.7 Å². The van der Waals surface area contributed by atoms with Crippen molar-refractivity contribution < 1.29 is 14.2 Å². The summed E-state index contributed by atoms with van der Waals surface area (Å²) < 4.78 is 17.8.